The van der Waals surface area contributed by atoms with Gasteiger partial charge in [-0.3, -0.25) is 9.48 Å². The molecule has 0 bridgehead atoms. The van der Waals surface area contributed by atoms with Crippen LogP contribution >= 0.6 is 0 Å². The number of hydrogen-bond acceptors (Lipinski definition) is 2. The number of aromatic nitrogens is 2. The number of rotatable bonds is 4. The summed E-state index contributed by atoms with van der Waals surface area (Å²) >= 11 is 0. The molecular weight excluding hydrogens is 226 g/mol. The second kappa shape index (κ2) is 4.75. The Morgan fingerprint density at radius 2 is 2.17 bits per heavy atom. The minimum atomic E-state index is -0.0807. The van der Waals surface area contributed by atoms with Gasteiger partial charge in [-0.05, 0) is 40.0 Å². The maximum absolute atomic E-state index is 12.2. The topological polar surface area (TPSA) is 46.9 Å². The monoisotopic (exact) mass is 249 g/mol. The molecule has 1 N–H and O–H groups in total. The largest absolute Gasteiger partial charge is 0.349 e. The van der Waals surface area contributed by atoms with E-state index in [-0.39, 0.29) is 11.4 Å². The van der Waals surface area contributed by atoms with E-state index in [1.54, 1.807) is 6.20 Å². The smallest absolute Gasteiger partial charge is 0.254 e. The van der Waals surface area contributed by atoms with Crippen LogP contribution in [0.3, 0.4) is 0 Å². The van der Waals surface area contributed by atoms with Crippen molar-refractivity contribution in [2.75, 3.05) is 0 Å². The van der Waals surface area contributed by atoms with Crippen molar-refractivity contribution in [1.82, 2.24) is 15.1 Å². The van der Waals surface area contributed by atoms with Crippen molar-refractivity contribution in [3.8, 4) is 0 Å². The first kappa shape index (κ1) is 13.1. The van der Waals surface area contributed by atoms with Gasteiger partial charge >= 0.3 is 0 Å². The number of carbonyl (C=O) groups is 1. The molecule has 1 amide bonds. The summed E-state index contributed by atoms with van der Waals surface area (Å²) in [5.41, 5.74) is 1.73. The van der Waals surface area contributed by atoms with E-state index in [1.807, 2.05) is 4.68 Å². The zero-order valence-electron chi connectivity index (χ0n) is 11.8. The number of nitrogens with zero attached hydrogens (tertiary/aromatic N) is 2. The number of nitrogens with one attached hydrogen (secondary N) is 1. The van der Waals surface area contributed by atoms with Gasteiger partial charge in [-0.25, -0.2) is 0 Å². The molecule has 1 aromatic heterocycles. The van der Waals surface area contributed by atoms with Crippen LogP contribution in [0.25, 0.3) is 0 Å². The summed E-state index contributed by atoms with van der Waals surface area (Å²) in [7, 11) is 0. The van der Waals surface area contributed by atoms with Crippen molar-refractivity contribution >= 4 is 5.91 Å². The molecule has 0 saturated heterocycles. The highest BCUT2D eigenvalue weighted by Crippen LogP contribution is 2.23. The van der Waals surface area contributed by atoms with E-state index >= 15 is 0 Å². The second-order valence-electron chi connectivity index (χ2n) is 6.09. The third-order valence-electron chi connectivity index (χ3n) is 3.15. The Balaban J connectivity index is 2.28. The molecular formula is C14H23N3O. The summed E-state index contributed by atoms with van der Waals surface area (Å²) in [4.78, 5) is 12.2. The van der Waals surface area contributed by atoms with Crippen LogP contribution in [0.2, 0.25) is 0 Å². The van der Waals surface area contributed by atoms with E-state index in [0.717, 1.165) is 36.9 Å². The molecule has 0 aliphatic heterocycles. The molecule has 100 valence electrons. The van der Waals surface area contributed by atoms with Gasteiger partial charge in [0.2, 0.25) is 0 Å². The number of carbonyl (C=O) groups excluding carboxylic acids is 1. The molecule has 1 aliphatic carbocycles. The molecule has 1 aromatic rings. The Hall–Kier alpha value is -1.32. The molecule has 1 heterocycles. The third kappa shape index (κ3) is 2.74. The second-order valence-corrected chi connectivity index (χ2v) is 6.09. The average Bonchev–Trinajstić information content (AvgIpc) is 2.94. The fraction of sp³-hybridized carbons (Fsp3) is 0.714. The molecule has 4 heteroatoms. The number of hydrogen-bond donors (Lipinski definition) is 1. The van der Waals surface area contributed by atoms with Crippen LogP contribution in [-0.4, -0.2) is 21.7 Å². The molecule has 1 fully saturated rings. The van der Waals surface area contributed by atoms with Gasteiger partial charge in [-0.1, -0.05) is 13.3 Å². The van der Waals surface area contributed by atoms with Gasteiger partial charge in [-0.15, -0.1) is 0 Å². The molecule has 0 atom stereocenters. The van der Waals surface area contributed by atoms with Crippen molar-refractivity contribution in [1.29, 1.82) is 0 Å². The molecule has 4 nitrogen and oxygen atoms in total. The zero-order chi connectivity index (χ0) is 13.3. The molecule has 2 rings (SSSR count). The molecule has 0 radical (unpaired) electrons. The summed E-state index contributed by atoms with van der Waals surface area (Å²) in [5.74, 6) is 0.0384. The lowest BCUT2D eigenvalue weighted by Gasteiger charge is -2.22. The van der Waals surface area contributed by atoms with Crippen LogP contribution in [0.5, 0.6) is 0 Å². The van der Waals surface area contributed by atoms with E-state index in [4.69, 9.17) is 0 Å². The van der Waals surface area contributed by atoms with Crippen LogP contribution in [0.15, 0.2) is 6.20 Å². The van der Waals surface area contributed by atoms with Gasteiger partial charge in [-0.2, -0.15) is 5.10 Å². The normalized spacial score (nSPS) is 15.8. The minimum Gasteiger partial charge on any atom is -0.349 e. The average molecular weight is 249 g/mol. The van der Waals surface area contributed by atoms with Crippen molar-refractivity contribution in [2.45, 2.75) is 65.0 Å². The first-order valence-corrected chi connectivity index (χ1v) is 6.81. The molecule has 1 aliphatic rings. The number of amides is 1. The molecule has 0 unspecified atom stereocenters. The van der Waals surface area contributed by atoms with Gasteiger partial charge in [0.1, 0.15) is 0 Å². The first-order chi connectivity index (χ1) is 8.43. The van der Waals surface area contributed by atoms with E-state index in [0.29, 0.717) is 6.04 Å². The lowest BCUT2D eigenvalue weighted by Crippen LogP contribution is -2.29. The molecule has 1 saturated carbocycles. The fourth-order valence-electron chi connectivity index (χ4n) is 2.11. The van der Waals surface area contributed by atoms with Crippen LogP contribution in [0, 0.1) is 0 Å². The summed E-state index contributed by atoms with van der Waals surface area (Å²) in [6.07, 6.45) is 5.86. The molecule has 0 spiro atoms. The zero-order valence-corrected chi connectivity index (χ0v) is 11.8. The Morgan fingerprint density at radius 3 is 2.67 bits per heavy atom. The van der Waals surface area contributed by atoms with Crippen LogP contribution in [0.4, 0.5) is 0 Å². The highest BCUT2D eigenvalue weighted by Gasteiger charge is 2.28. The van der Waals surface area contributed by atoms with Crippen LogP contribution in [-0.2, 0) is 12.0 Å². The predicted molar refractivity (Wildman–Crippen MR) is 71.7 cm³/mol. The van der Waals surface area contributed by atoms with Crippen LogP contribution in [0.1, 0.15) is 63.0 Å². The standard InChI is InChI=1S/C14H23N3O/c1-5-6-12-11(13(18)16-10-7-8-10)9-15-17(12)14(2,3)4/h9-10H,5-8H2,1-4H3,(H,16,18). The summed E-state index contributed by atoms with van der Waals surface area (Å²) in [6.45, 7) is 8.47. The van der Waals surface area contributed by atoms with E-state index in [1.165, 1.54) is 0 Å². The van der Waals surface area contributed by atoms with E-state index in [2.05, 4.69) is 38.1 Å². The Bertz CT molecular complexity index is 438. The third-order valence-corrected chi connectivity index (χ3v) is 3.15. The highest BCUT2D eigenvalue weighted by atomic mass is 16.1. The van der Waals surface area contributed by atoms with Gasteiger partial charge < -0.3 is 5.32 Å². The maximum Gasteiger partial charge on any atom is 0.254 e. The van der Waals surface area contributed by atoms with Crippen LogP contribution < -0.4 is 5.32 Å². The fourth-order valence-corrected chi connectivity index (χ4v) is 2.11. The van der Waals surface area contributed by atoms with Crippen molar-refractivity contribution in [2.24, 2.45) is 0 Å². The minimum absolute atomic E-state index is 0.0384. The highest BCUT2D eigenvalue weighted by molar-refractivity contribution is 5.95. The first-order valence-electron chi connectivity index (χ1n) is 6.81. The van der Waals surface area contributed by atoms with E-state index < -0.39 is 0 Å². The Kier molecular flexibility index (Phi) is 3.46. The van der Waals surface area contributed by atoms with Gasteiger partial charge in [0, 0.05) is 6.04 Å². The van der Waals surface area contributed by atoms with Gasteiger partial charge in [0.25, 0.3) is 5.91 Å². The molecule has 0 aromatic carbocycles. The lowest BCUT2D eigenvalue weighted by molar-refractivity contribution is 0.0950. The SMILES string of the molecule is CCCc1c(C(=O)NC2CC2)cnn1C(C)(C)C. The maximum atomic E-state index is 12.2. The van der Waals surface area contributed by atoms with Crippen molar-refractivity contribution in [3.05, 3.63) is 17.5 Å². The summed E-state index contributed by atoms with van der Waals surface area (Å²) in [5, 5.41) is 7.45. The Labute approximate surface area is 109 Å². The summed E-state index contributed by atoms with van der Waals surface area (Å²) < 4.78 is 1.98. The quantitative estimate of drug-likeness (QED) is 0.891. The lowest BCUT2D eigenvalue weighted by atomic mass is 10.1. The predicted octanol–water partition coefficient (Wildman–Crippen LogP) is 2.48. The summed E-state index contributed by atoms with van der Waals surface area (Å²) in [6, 6.07) is 0.393. The van der Waals surface area contributed by atoms with Gasteiger partial charge in [0.15, 0.2) is 0 Å². The molecule has 18 heavy (non-hydrogen) atoms. The van der Waals surface area contributed by atoms with Crippen molar-refractivity contribution < 1.29 is 4.79 Å². The van der Waals surface area contributed by atoms with Gasteiger partial charge in [0.05, 0.1) is 23.0 Å². The van der Waals surface area contributed by atoms with Crippen molar-refractivity contribution in [3.63, 3.8) is 0 Å². The van der Waals surface area contributed by atoms with E-state index in [9.17, 15) is 4.79 Å². The Morgan fingerprint density at radius 1 is 1.50 bits per heavy atom.